The highest BCUT2D eigenvalue weighted by Crippen LogP contribution is 2.54. The standard InChI is InChI=1S/C21H22O6/c1-24-16-11-9-15(10-12-16)18-21(19(22)25-2,20(23)26-3)13-17(27-18)14-7-5-4-6-8-14/h4-12,17-18H,13H2,1-3H3/t17-,18-/m1/s1. The molecule has 0 spiro atoms. The van der Waals surface area contributed by atoms with Crippen molar-refractivity contribution in [2.75, 3.05) is 21.3 Å². The Hall–Kier alpha value is -2.86. The molecule has 0 radical (unpaired) electrons. The zero-order chi connectivity index (χ0) is 19.4. The first-order valence-corrected chi connectivity index (χ1v) is 8.58. The first kappa shape index (κ1) is 18.9. The number of rotatable bonds is 5. The molecule has 2 aromatic rings. The Morgan fingerprint density at radius 2 is 1.48 bits per heavy atom. The summed E-state index contributed by atoms with van der Waals surface area (Å²) in [7, 11) is 4.08. The van der Waals surface area contributed by atoms with Crippen molar-refractivity contribution in [2.24, 2.45) is 5.41 Å². The number of methoxy groups -OCH3 is 3. The largest absolute Gasteiger partial charge is 0.497 e. The summed E-state index contributed by atoms with van der Waals surface area (Å²) in [5.74, 6) is -0.680. The third-order valence-corrected chi connectivity index (χ3v) is 4.94. The maximum Gasteiger partial charge on any atom is 0.326 e. The molecule has 142 valence electrons. The average Bonchev–Trinajstić information content (AvgIpc) is 3.15. The van der Waals surface area contributed by atoms with Gasteiger partial charge < -0.3 is 18.9 Å². The van der Waals surface area contributed by atoms with E-state index >= 15 is 0 Å². The van der Waals surface area contributed by atoms with Gasteiger partial charge in [-0.15, -0.1) is 0 Å². The molecule has 1 fully saturated rings. The molecule has 1 aliphatic heterocycles. The molecule has 0 bridgehead atoms. The fourth-order valence-electron chi connectivity index (χ4n) is 3.56. The van der Waals surface area contributed by atoms with Crippen LogP contribution in [0, 0.1) is 5.41 Å². The van der Waals surface area contributed by atoms with Crippen LogP contribution in [-0.4, -0.2) is 33.3 Å². The van der Waals surface area contributed by atoms with E-state index in [9.17, 15) is 9.59 Å². The highest BCUT2D eigenvalue weighted by Gasteiger charge is 2.62. The second-order valence-corrected chi connectivity index (χ2v) is 6.35. The monoisotopic (exact) mass is 370 g/mol. The quantitative estimate of drug-likeness (QED) is 0.594. The Morgan fingerprint density at radius 3 is 2.00 bits per heavy atom. The van der Waals surface area contributed by atoms with Crippen molar-refractivity contribution >= 4 is 11.9 Å². The van der Waals surface area contributed by atoms with Crippen LogP contribution >= 0.6 is 0 Å². The molecular formula is C21H22O6. The molecule has 27 heavy (non-hydrogen) atoms. The molecule has 0 unspecified atom stereocenters. The summed E-state index contributed by atoms with van der Waals surface area (Å²) in [6.07, 6.45) is -1.16. The first-order valence-electron chi connectivity index (χ1n) is 8.58. The molecule has 3 rings (SSSR count). The Morgan fingerprint density at radius 1 is 0.889 bits per heavy atom. The van der Waals surface area contributed by atoms with Gasteiger partial charge >= 0.3 is 11.9 Å². The van der Waals surface area contributed by atoms with Gasteiger partial charge in [-0.1, -0.05) is 42.5 Å². The molecular weight excluding hydrogens is 348 g/mol. The maximum atomic E-state index is 12.8. The lowest BCUT2D eigenvalue weighted by Crippen LogP contribution is -2.43. The van der Waals surface area contributed by atoms with Gasteiger partial charge in [-0.3, -0.25) is 9.59 Å². The van der Waals surface area contributed by atoms with Crippen molar-refractivity contribution in [1.82, 2.24) is 0 Å². The van der Waals surface area contributed by atoms with E-state index in [4.69, 9.17) is 18.9 Å². The van der Waals surface area contributed by atoms with Gasteiger partial charge in [-0.25, -0.2) is 0 Å². The van der Waals surface area contributed by atoms with E-state index in [1.165, 1.54) is 14.2 Å². The molecule has 0 saturated carbocycles. The van der Waals surface area contributed by atoms with Crippen LogP contribution in [0.2, 0.25) is 0 Å². The van der Waals surface area contributed by atoms with Crippen molar-refractivity contribution in [3.8, 4) is 5.75 Å². The van der Waals surface area contributed by atoms with Crippen LogP contribution in [0.15, 0.2) is 54.6 Å². The molecule has 2 atom stereocenters. The summed E-state index contributed by atoms with van der Waals surface area (Å²) >= 11 is 0. The second-order valence-electron chi connectivity index (χ2n) is 6.35. The Balaban J connectivity index is 2.09. The minimum Gasteiger partial charge on any atom is -0.497 e. The third-order valence-electron chi connectivity index (χ3n) is 4.94. The fraction of sp³-hybridized carbons (Fsp3) is 0.333. The maximum absolute atomic E-state index is 12.8. The molecule has 1 saturated heterocycles. The zero-order valence-corrected chi connectivity index (χ0v) is 15.5. The molecule has 0 amide bonds. The molecule has 6 nitrogen and oxygen atoms in total. The lowest BCUT2D eigenvalue weighted by Gasteiger charge is -2.28. The number of carbonyl (C=O) groups is 2. The normalized spacial score (nSPS) is 20.7. The van der Waals surface area contributed by atoms with E-state index in [0.717, 1.165) is 5.56 Å². The van der Waals surface area contributed by atoms with Crippen molar-refractivity contribution in [1.29, 1.82) is 0 Å². The highest BCUT2D eigenvalue weighted by molar-refractivity contribution is 6.01. The lowest BCUT2D eigenvalue weighted by atomic mass is 9.76. The topological polar surface area (TPSA) is 71.1 Å². The van der Waals surface area contributed by atoms with E-state index in [1.54, 1.807) is 31.4 Å². The number of esters is 2. The number of benzene rings is 2. The Labute approximate surface area is 158 Å². The fourth-order valence-corrected chi connectivity index (χ4v) is 3.56. The van der Waals surface area contributed by atoms with Gasteiger partial charge in [0.05, 0.1) is 27.4 Å². The highest BCUT2D eigenvalue weighted by atomic mass is 16.6. The number of carbonyl (C=O) groups excluding carboxylic acids is 2. The number of hydrogen-bond donors (Lipinski definition) is 0. The Kier molecular flexibility index (Phi) is 5.46. The Bertz CT molecular complexity index is 783. The van der Waals surface area contributed by atoms with E-state index in [2.05, 4.69) is 0 Å². The summed E-state index contributed by atoms with van der Waals surface area (Å²) in [5, 5.41) is 0. The SMILES string of the molecule is COC(=O)C1(C(=O)OC)C[C@H](c2ccccc2)O[C@@H]1c1ccc(OC)cc1. The molecule has 0 N–H and O–H groups in total. The van der Waals surface area contributed by atoms with Crippen LogP contribution in [0.4, 0.5) is 0 Å². The molecule has 6 heteroatoms. The van der Waals surface area contributed by atoms with Crippen LogP contribution < -0.4 is 4.74 Å². The van der Waals surface area contributed by atoms with Crippen molar-refractivity contribution in [3.05, 3.63) is 65.7 Å². The van der Waals surface area contributed by atoms with Gasteiger partial charge in [0, 0.05) is 6.42 Å². The van der Waals surface area contributed by atoms with Gasteiger partial charge in [0.15, 0.2) is 5.41 Å². The molecule has 1 heterocycles. The molecule has 0 aromatic heterocycles. The smallest absolute Gasteiger partial charge is 0.326 e. The van der Waals surface area contributed by atoms with Gasteiger partial charge in [0.25, 0.3) is 0 Å². The second kappa shape index (κ2) is 7.80. The van der Waals surface area contributed by atoms with Crippen molar-refractivity contribution in [2.45, 2.75) is 18.6 Å². The summed E-state index contributed by atoms with van der Waals surface area (Å²) in [4.78, 5) is 25.6. The van der Waals surface area contributed by atoms with Gasteiger partial charge in [-0.2, -0.15) is 0 Å². The van der Waals surface area contributed by atoms with Crippen LogP contribution in [0.3, 0.4) is 0 Å². The van der Waals surface area contributed by atoms with Gasteiger partial charge in [0.1, 0.15) is 11.9 Å². The van der Waals surface area contributed by atoms with Crippen LogP contribution in [0.25, 0.3) is 0 Å². The van der Waals surface area contributed by atoms with E-state index in [1.807, 2.05) is 30.3 Å². The van der Waals surface area contributed by atoms with E-state index in [0.29, 0.717) is 11.3 Å². The van der Waals surface area contributed by atoms with Crippen molar-refractivity contribution in [3.63, 3.8) is 0 Å². The lowest BCUT2D eigenvalue weighted by molar-refractivity contribution is -0.173. The zero-order valence-electron chi connectivity index (χ0n) is 15.5. The summed E-state index contributed by atoms with van der Waals surface area (Å²) in [5.41, 5.74) is -0.0331. The first-order chi connectivity index (χ1) is 13.1. The molecule has 1 aliphatic rings. The predicted molar refractivity (Wildman–Crippen MR) is 97.1 cm³/mol. The van der Waals surface area contributed by atoms with Gasteiger partial charge in [0.2, 0.25) is 0 Å². The van der Waals surface area contributed by atoms with Crippen LogP contribution in [0.5, 0.6) is 5.75 Å². The summed E-state index contributed by atoms with van der Waals surface area (Å²) < 4.78 is 21.4. The minimum atomic E-state index is -1.58. The number of hydrogen-bond acceptors (Lipinski definition) is 6. The van der Waals surface area contributed by atoms with Gasteiger partial charge in [-0.05, 0) is 23.3 Å². The van der Waals surface area contributed by atoms with Crippen LogP contribution in [0.1, 0.15) is 29.8 Å². The molecule has 0 aliphatic carbocycles. The average molecular weight is 370 g/mol. The minimum absolute atomic E-state index is 0.132. The third kappa shape index (κ3) is 3.28. The molecule has 2 aromatic carbocycles. The summed E-state index contributed by atoms with van der Waals surface area (Å²) in [6, 6.07) is 16.5. The van der Waals surface area contributed by atoms with E-state index < -0.39 is 29.6 Å². The van der Waals surface area contributed by atoms with E-state index in [-0.39, 0.29) is 6.42 Å². The van der Waals surface area contributed by atoms with Crippen molar-refractivity contribution < 1.29 is 28.5 Å². The predicted octanol–water partition coefficient (Wildman–Crippen LogP) is 3.23. The van der Waals surface area contributed by atoms with Crippen LogP contribution in [-0.2, 0) is 23.8 Å². The summed E-state index contributed by atoms with van der Waals surface area (Å²) in [6.45, 7) is 0. The number of ether oxygens (including phenoxy) is 4.